The van der Waals surface area contributed by atoms with Gasteiger partial charge in [0.05, 0.1) is 5.52 Å². The van der Waals surface area contributed by atoms with Crippen LogP contribution in [0.2, 0.25) is 0 Å². The molecule has 1 heterocycles. The standard InChI is InChI=1S/C24H17NO2/c26-19-12-9-18(10-13-19)24(27)14-11-17-5-1-2-6-20(17)21-15-16-25-23-8-4-3-7-22(21)23/h1-16,26H/b14-11+. The average molecular weight is 351 g/mol. The predicted molar refractivity (Wildman–Crippen MR) is 109 cm³/mol. The van der Waals surface area contributed by atoms with Crippen LogP contribution < -0.4 is 0 Å². The van der Waals surface area contributed by atoms with E-state index in [1.165, 1.54) is 12.1 Å². The molecule has 0 amide bonds. The minimum absolute atomic E-state index is 0.107. The summed E-state index contributed by atoms with van der Waals surface area (Å²) in [6, 6.07) is 24.3. The molecular weight excluding hydrogens is 334 g/mol. The fraction of sp³-hybridized carbons (Fsp3) is 0. The Balaban J connectivity index is 1.73. The van der Waals surface area contributed by atoms with Crippen LogP contribution in [0.1, 0.15) is 15.9 Å². The van der Waals surface area contributed by atoms with E-state index in [1.807, 2.05) is 54.6 Å². The molecule has 0 aliphatic heterocycles. The van der Waals surface area contributed by atoms with Gasteiger partial charge in [-0.1, -0.05) is 48.5 Å². The van der Waals surface area contributed by atoms with Crippen molar-refractivity contribution < 1.29 is 9.90 Å². The van der Waals surface area contributed by atoms with E-state index in [2.05, 4.69) is 11.1 Å². The number of phenolic OH excluding ortho intramolecular Hbond substituents is 1. The normalized spacial score (nSPS) is 11.1. The molecule has 0 radical (unpaired) electrons. The number of carbonyl (C=O) groups is 1. The summed E-state index contributed by atoms with van der Waals surface area (Å²) in [5.74, 6) is 0.0369. The van der Waals surface area contributed by atoms with Crippen LogP contribution in [0.5, 0.6) is 5.75 Å². The van der Waals surface area contributed by atoms with Gasteiger partial charge >= 0.3 is 0 Å². The number of benzene rings is 3. The molecule has 4 rings (SSSR count). The van der Waals surface area contributed by atoms with Gasteiger partial charge in [-0.25, -0.2) is 0 Å². The number of hydrogen-bond acceptors (Lipinski definition) is 3. The van der Waals surface area contributed by atoms with Crippen LogP contribution in [0.3, 0.4) is 0 Å². The molecular formula is C24H17NO2. The molecule has 1 aromatic heterocycles. The van der Waals surface area contributed by atoms with Crippen LogP contribution in [-0.4, -0.2) is 15.9 Å². The van der Waals surface area contributed by atoms with E-state index in [0.717, 1.165) is 27.6 Å². The van der Waals surface area contributed by atoms with Crippen molar-refractivity contribution in [2.75, 3.05) is 0 Å². The van der Waals surface area contributed by atoms with Crippen molar-refractivity contribution in [3.05, 3.63) is 102 Å². The summed E-state index contributed by atoms with van der Waals surface area (Å²) in [4.78, 5) is 16.8. The van der Waals surface area contributed by atoms with Crippen molar-refractivity contribution in [2.24, 2.45) is 0 Å². The number of ketones is 1. The molecule has 27 heavy (non-hydrogen) atoms. The summed E-state index contributed by atoms with van der Waals surface area (Å²) in [5, 5.41) is 10.4. The maximum absolute atomic E-state index is 12.4. The van der Waals surface area contributed by atoms with Crippen molar-refractivity contribution in [3.8, 4) is 16.9 Å². The third-order valence-electron chi connectivity index (χ3n) is 4.47. The summed E-state index contributed by atoms with van der Waals surface area (Å²) in [6.45, 7) is 0. The molecule has 3 heteroatoms. The first-order valence-electron chi connectivity index (χ1n) is 8.67. The Bertz CT molecular complexity index is 1140. The molecule has 0 bridgehead atoms. The van der Waals surface area contributed by atoms with Crippen LogP contribution in [0.25, 0.3) is 28.1 Å². The van der Waals surface area contributed by atoms with Gasteiger partial charge in [0.25, 0.3) is 0 Å². The summed E-state index contributed by atoms with van der Waals surface area (Å²) >= 11 is 0. The fourth-order valence-electron chi connectivity index (χ4n) is 3.11. The third kappa shape index (κ3) is 3.48. The molecule has 0 aliphatic rings. The summed E-state index contributed by atoms with van der Waals surface area (Å²) in [5.41, 5.74) is 4.56. The maximum Gasteiger partial charge on any atom is 0.185 e. The van der Waals surface area contributed by atoms with Crippen LogP contribution in [0.4, 0.5) is 0 Å². The molecule has 0 saturated carbocycles. The van der Waals surface area contributed by atoms with Gasteiger partial charge in [0.15, 0.2) is 5.78 Å². The quantitative estimate of drug-likeness (QED) is 0.390. The number of nitrogens with zero attached hydrogens (tertiary/aromatic N) is 1. The number of pyridine rings is 1. The van der Waals surface area contributed by atoms with Crippen molar-refractivity contribution >= 4 is 22.8 Å². The van der Waals surface area contributed by atoms with Crippen molar-refractivity contribution in [3.63, 3.8) is 0 Å². The second-order valence-electron chi connectivity index (χ2n) is 6.21. The van der Waals surface area contributed by atoms with E-state index in [-0.39, 0.29) is 11.5 Å². The molecule has 0 aliphatic carbocycles. The van der Waals surface area contributed by atoms with Crippen molar-refractivity contribution in [1.29, 1.82) is 0 Å². The van der Waals surface area contributed by atoms with E-state index < -0.39 is 0 Å². The number of aromatic hydroxyl groups is 1. The maximum atomic E-state index is 12.4. The Morgan fingerprint density at radius 3 is 2.41 bits per heavy atom. The largest absolute Gasteiger partial charge is 0.508 e. The molecule has 0 fully saturated rings. The lowest BCUT2D eigenvalue weighted by Gasteiger charge is -2.09. The summed E-state index contributed by atoms with van der Waals surface area (Å²) in [6.07, 6.45) is 5.20. The molecule has 0 saturated heterocycles. The number of carbonyl (C=O) groups excluding carboxylic acids is 1. The third-order valence-corrected chi connectivity index (χ3v) is 4.47. The summed E-state index contributed by atoms with van der Waals surface area (Å²) < 4.78 is 0. The monoisotopic (exact) mass is 351 g/mol. The Morgan fingerprint density at radius 1 is 0.815 bits per heavy atom. The minimum Gasteiger partial charge on any atom is -0.508 e. The topological polar surface area (TPSA) is 50.2 Å². The molecule has 1 N–H and O–H groups in total. The van der Waals surface area contributed by atoms with E-state index >= 15 is 0 Å². The zero-order chi connectivity index (χ0) is 18.6. The predicted octanol–water partition coefficient (Wildman–Crippen LogP) is 5.50. The number of aromatic nitrogens is 1. The molecule has 3 nitrogen and oxygen atoms in total. The van der Waals surface area contributed by atoms with Gasteiger partial charge in [-0.3, -0.25) is 9.78 Å². The SMILES string of the molecule is O=C(/C=C/c1ccccc1-c1ccnc2ccccc12)c1ccc(O)cc1. The first kappa shape index (κ1) is 16.7. The van der Waals surface area contributed by atoms with Crippen LogP contribution in [-0.2, 0) is 0 Å². The lowest BCUT2D eigenvalue weighted by Crippen LogP contribution is -1.93. The zero-order valence-corrected chi connectivity index (χ0v) is 14.5. The van der Waals surface area contributed by atoms with E-state index in [4.69, 9.17) is 0 Å². The van der Waals surface area contributed by atoms with Gasteiger partial charge in [-0.05, 0) is 59.2 Å². The minimum atomic E-state index is -0.107. The van der Waals surface area contributed by atoms with Crippen LogP contribution >= 0.6 is 0 Å². The second kappa shape index (κ2) is 7.26. The molecule has 3 aromatic carbocycles. The lowest BCUT2D eigenvalue weighted by molar-refractivity contribution is 0.104. The number of allylic oxidation sites excluding steroid dienone is 1. The van der Waals surface area contributed by atoms with Crippen molar-refractivity contribution in [2.45, 2.75) is 0 Å². The van der Waals surface area contributed by atoms with E-state index in [0.29, 0.717) is 5.56 Å². The average Bonchev–Trinajstić information content (AvgIpc) is 2.72. The molecule has 130 valence electrons. The summed E-state index contributed by atoms with van der Waals surface area (Å²) in [7, 11) is 0. The molecule has 0 atom stereocenters. The van der Waals surface area contributed by atoms with Gasteiger partial charge < -0.3 is 5.11 Å². The smallest absolute Gasteiger partial charge is 0.185 e. The second-order valence-corrected chi connectivity index (χ2v) is 6.21. The van der Waals surface area contributed by atoms with E-state index in [1.54, 1.807) is 24.4 Å². The fourth-order valence-corrected chi connectivity index (χ4v) is 3.11. The highest BCUT2D eigenvalue weighted by molar-refractivity contribution is 6.07. The van der Waals surface area contributed by atoms with Crippen molar-refractivity contribution in [1.82, 2.24) is 4.98 Å². The number of rotatable bonds is 4. The van der Waals surface area contributed by atoms with E-state index in [9.17, 15) is 9.90 Å². The van der Waals surface area contributed by atoms with Gasteiger partial charge in [-0.15, -0.1) is 0 Å². The zero-order valence-electron chi connectivity index (χ0n) is 14.5. The first-order chi connectivity index (χ1) is 13.2. The van der Waals surface area contributed by atoms with Crippen LogP contribution in [0.15, 0.2) is 91.1 Å². The lowest BCUT2D eigenvalue weighted by atomic mass is 9.96. The Hall–Kier alpha value is -3.72. The van der Waals surface area contributed by atoms with Gasteiger partial charge in [0, 0.05) is 17.1 Å². The van der Waals surface area contributed by atoms with Gasteiger partial charge in [0.2, 0.25) is 0 Å². The number of fused-ring (bicyclic) bond motifs is 1. The van der Waals surface area contributed by atoms with Gasteiger partial charge in [0.1, 0.15) is 5.75 Å². The number of hydrogen-bond donors (Lipinski definition) is 1. The molecule has 4 aromatic rings. The van der Waals surface area contributed by atoms with Crippen LogP contribution in [0, 0.1) is 0 Å². The first-order valence-corrected chi connectivity index (χ1v) is 8.67. The molecule has 0 spiro atoms. The highest BCUT2D eigenvalue weighted by Gasteiger charge is 2.08. The Kier molecular flexibility index (Phi) is 4.50. The highest BCUT2D eigenvalue weighted by Crippen LogP contribution is 2.30. The van der Waals surface area contributed by atoms with Gasteiger partial charge in [-0.2, -0.15) is 0 Å². The number of para-hydroxylation sites is 1. The molecule has 0 unspecified atom stereocenters. The highest BCUT2D eigenvalue weighted by atomic mass is 16.3. The Morgan fingerprint density at radius 2 is 1.56 bits per heavy atom. The Labute approximate surface area is 157 Å². The number of phenols is 1.